The van der Waals surface area contributed by atoms with E-state index in [2.05, 4.69) is 41.4 Å². The van der Waals surface area contributed by atoms with E-state index in [1.807, 2.05) is 26.1 Å². The Morgan fingerprint density at radius 2 is 1.92 bits per heavy atom. The summed E-state index contributed by atoms with van der Waals surface area (Å²) in [5.41, 5.74) is 7.65. The van der Waals surface area contributed by atoms with Crippen molar-refractivity contribution in [2.24, 2.45) is 0 Å². The molecule has 0 bridgehead atoms. The zero-order chi connectivity index (χ0) is 26.4. The molecule has 3 aromatic heterocycles. The predicted molar refractivity (Wildman–Crippen MR) is 144 cm³/mol. The monoisotopic (exact) mass is 502 g/mol. The molecule has 4 heterocycles. The maximum absolute atomic E-state index is 13.8. The smallest absolute Gasteiger partial charge is 0.407 e. The molecule has 1 aliphatic rings. The van der Waals surface area contributed by atoms with Crippen LogP contribution in [-0.2, 0) is 0 Å². The number of aryl methyl sites for hydroxylation is 1. The van der Waals surface area contributed by atoms with Gasteiger partial charge < -0.3 is 15.3 Å². The minimum absolute atomic E-state index is 0.123. The molecular weight excluding hydrogens is 468 g/mol. The van der Waals surface area contributed by atoms with Crippen LogP contribution in [0.1, 0.15) is 65.6 Å². The number of likely N-dealkylation sites (N-methyl/N-ethyl adjacent to an activating group) is 1. The Balaban J connectivity index is 1.82. The molecule has 2 N–H and O–H groups in total. The Hall–Kier alpha value is -3.72. The zero-order valence-corrected chi connectivity index (χ0v) is 22.1. The van der Waals surface area contributed by atoms with Crippen LogP contribution < -0.4 is 5.32 Å². The van der Waals surface area contributed by atoms with E-state index in [1.54, 1.807) is 9.08 Å². The van der Waals surface area contributed by atoms with Crippen molar-refractivity contribution in [3.05, 3.63) is 53.0 Å². The number of piperidine rings is 1. The third kappa shape index (κ3) is 4.27. The first-order chi connectivity index (χ1) is 17.7. The SMILES string of the molecule is Cc1c(-c2c(C(C)C)c3cc(C4CCNCC4)ccc3n2C(=O)CN(C)C(=O)O)cn2ncnc2c1C. The molecule has 0 radical (unpaired) electrons. The number of nitrogens with one attached hydrogen (secondary N) is 1. The van der Waals surface area contributed by atoms with Crippen molar-refractivity contribution in [2.75, 3.05) is 26.7 Å². The number of nitrogens with zero attached hydrogens (tertiary/aromatic N) is 5. The number of carbonyl (C=O) groups is 2. The minimum Gasteiger partial charge on any atom is -0.465 e. The average molecular weight is 503 g/mol. The second kappa shape index (κ2) is 9.63. The van der Waals surface area contributed by atoms with Gasteiger partial charge in [0.15, 0.2) is 5.65 Å². The summed E-state index contributed by atoms with van der Waals surface area (Å²) in [6, 6.07) is 6.43. The molecule has 4 aromatic rings. The molecule has 37 heavy (non-hydrogen) atoms. The van der Waals surface area contributed by atoms with Crippen LogP contribution in [-0.4, -0.2) is 67.9 Å². The maximum atomic E-state index is 13.8. The molecule has 1 amide bonds. The van der Waals surface area contributed by atoms with Crippen molar-refractivity contribution in [3.8, 4) is 11.3 Å². The molecule has 194 valence electrons. The molecule has 1 aliphatic heterocycles. The Bertz CT molecular complexity index is 1510. The number of rotatable bonds is 5. The minimum atomic E-state index is -1.14. The highest BCUT2D eigenvalue weighted by molar-refractivity contribution is 6.03. The summed E-state index contributed by atoms with van der Waals surface area (Å²) in [6.45, 7) is 10.1. The number of hydrogen-bond acceptors (Lipinski definition) is 5. The van der Waals surface area contributed by atoms with Crippen LogP contribution in [0.2, 0.25) is 0 Å². The maximum Gasteiger partial charge on any atom is 0.407 e. The standard InChI is InChI=1S/C28H34N6O3/c1-16(2)25-21-12-20(19-8-10-29-11-9-19)6-7-23(21)34(24(35)14-32(5)28(36)37)26(25)22-13-33-27(30-15-31-33)18(4)17(22)3/h6-7,12-13,15-16,19,29H,8-11,14H2,1-5H3,(H,36,37). The lowest BCUT2D eigenvalue weighted by Crippen LogP contribution is -2.33. The van der Waals surface area contributed by atoms with Gasteiger partial charge in [-0.15, -0.1) is 0 Å². The number of benzene rings is 1. The molecule has 1 saturated heterocycles. The molecule has 5 rings (SSSR count). The van der Waals surface area contributed by atoms with Gasteiger partial charge in [-0.05, 0) is 86.0 Å². The average Bonchev–Trinajstić information content (AvgIpc) is 3.48. The number of hydrogen-bond donors (Lipinski definition) is 2. The largest absolute Gasteiger partial charge is 0.465 e. The van der Waals surface area contributed by atoms with E-state index in [0.717, 1.165) is 75.3 Å². The van der Waals surface area contributed by atoms with Crippen molar-refractivity contribution in [2.45, 2.75) is 52.4 Å². The van der Waals surface area contributed by atoms with Crippen molar-refractivity contribution < 1.29 is 14.7 Å². The molecule has 1 fully saturated rings. The Morgan fingerprint density at radius 1 is 1.19 bits per heavy atom. The van der Waals surface area contributed by atoms with Crippen LogP contribution in [0.15, 0.2) is 30.7 Å². The van der Waals surface area contributed by atoms with Gasteiger partial charge in [-0.2, -0.15) is 5.10 Å². The van der Waals surface area contributed by atoms with E-state index in [1.165, 1.54) is 18.9 Å². The van der Waals surface area contributed by atoms with Crippen molar-refractivity contribution in [1.29, 1.82) is 0 Å². The van der Waals surface area contributed by atoms with E-state index in [-0.39, 0.29) is 18.4 Å². The number of pyridine rings is 1. The van der Waals surface area contributed by atoms with Gasteiger partial charge in [0.05, 0.1) is 11.2 Å². The van der Waals surface area contributed by atoms with E-state index in [0.29, 0.717) is 5.92 Å². The van der Waals surface area contributed by atoms with Crippen LogP contribution >= 0.6 is 0 Å². The van der Waals surface area contributed by atoms with Crippen LogP contribution in [0.3, 0.4) is 0 Å². The van der Waals surface area contributed by atoms with Gasteiger partial charge in [-0.25, -0.2) is 14.3 Å². The molecular formula is C28H34N6O3. The highest BCUT2D eigenvalue weighted by Gasteiger charge is 2.28. The van der Waals surface area contributed by atoms with Gasteiger partial charge in [0.1, 0.15) is 12.9 Å². The highest BCUT2D eigenvalue weighted by atomic mass is 16.4. The summed E-state index contributed by atoms with van der Waals surface area (Å²) in [6.07, 6.45) is 4.49. The molecule has 0 aliphatic carbocycles. The van der Waals surface area contributed by atoms with E-state index in [4.69, 9.17) is 0 Å². The molecule has 9 nitrogen and oxygen atoms in total. The molecule has 9 heteroatoms. The number of carbonyl (C=O) groups excluding carboxylic acids is 1. The van der Waals surface area contributed by atoms with Crippen LogP contribution in [0.4, 0.5) is 4.79 Å². The van der Waals surface area contributed by atoms with Crippen LogP contribution in [0.25, 0.3) is 27.8 Å². The lowest BCUT2D eigenvalue weighted by atomic mass is 9.88. The molecule has 0 unspecified atom stereocenters. The van der Waals surface area contributed by atoms with E-state index in [9.17, 15) is 14.7 Å². The number of aromatic nitrogens is 4. The Labute approximate surface area is 216 Å². The summed E-state index contributed by atoms with van der Waals surface area (Å²) >= 11 is 0. The zero-order valence-electron chi connectivity index (χ0n) is 22.1. The van der Waals surface area contributed by atoms with Crippen LogP contribution in [0, 0.1) is 13.8 Å². The second-order valence-corrected chi connectivity index (χ2v) is 10.4. The molecule has 0 atom stereocenters. The van der Waals surface area contributed by atoms with Gasteiger partial charge in [0.2, 0.25) is 0 Å². The Morgan fingerprint density at radius 3 is 2.59 bits per heavy atom. The van der Waals surface area contributed by atoms with Crippen molar-refractivity contribution in [3.63, 3.8) is 0 Å². The summed E-state index contributed by atoms with van der Waals surface area (Å²) in [7, 11) is 1.42. The van der Waals surface area contributed by atoms with Gasteiger partial charge in [0.25, 0.3) is 5.91 Å². The van der Waals surface area contributed by atoms with Gasteiger partial charge in [0, 0.05) is 24.2 Å². The second-order valence-electron chi connectivity index (χ2n) is 10.4. The topological polar surface area (TPSA) is 105 Å². The summed E-state index contributed by atoms with van der Waals surface area (Å²) in [4.78, 5) is 30.8. The van der Waals surface area contributed by atoms with Gasteiger partial charge in [-0.1, -0.05) is 19.9 Å². The Kier molecular flexibility index (Phi) is 6.49. The predicted octanol–water partition coefficient (Wildman–Crippen LogP) is 4.81. The fraction of sp³-hybridized carbons (Fsp3) is 0.429. The number of fused-ring (bicyclic) bond motifs is 2. The summed E-state index contributed by atoms with van der Waals surface area (Å²) in [5, 5.41) is 18.3. The quantitative estimate of drug-likeness (QED) is 0.406. The van der Waals surface area contributed by atoms with Crippen molar-refractivity contribution in [1.82, 2.24) is 29.4 Å². The molecule has 0 saturated carbocycles. The van der Waals surface area contributed by atoms with E-state index >= 15 is 0 Å². The third-order valence-corrected chi connectivity index (χ3v) is 7.75. The highest BCUT2D eigenvalue weighted by Crippen LogP contribution is 2.42. The molecule has 1 aromatic carbocycles. The van der Waals surface area contributed by atoms with Crippen molar-refractivity contribution >= 4 is 28.6 Å². The third-order valence-electron chi connectivity index (χ3n) is 7.75. The van der Waals surface area contributed by atoms with Gasteiger partial charge in [-0.3, -0.25) is 9.36 Å². The summed E-state index contributed by atoms with van der Waals surface area (Å²) < 4.78 is 3.47. The van der Waals surface area contributed by atoms with Gasteiger partial charge >= 0.3 is 6.09 Å². The van der Waals surface area contributed by atoms with Crippen LogP contribution in [0.5, 0.6) is 0 Å². The normalized spacial score (nSPS) is 14.6. The first kappa shape index (κ1) is 25.0. The fourth-order valence-corrected chi connectivity index (χ4v) is 5.63. The molecule has 0 spiro atoms. The first-order valence-corrected chi connectivity index (χ1v) is 12.8. The fourth-order valence-electron chi connectivity index (χ4n) is 5.63. The number of carboxylic acid groups (broad SMARTS) is 1. The number of amides is 1. The summed E-state index contributed by atoms with van der Waals surface area (Å²) in [5.74, 6) is 0.308. The lowest BCUT2D eigenvalue weighted by Gasteiger charge is -2.23. The first-order valence-electron chi connectivity index (χ1n) is 12.8. The van der Waals surface area contributed by atoms with E-state index < -0.39 is 6.09 Å². The lowest BCUT2D eigenvalue weighted by molar-refractivity contribution is 0.0857.